The number of cyclic esters (lactones) is 1. The van der Waals surface area contributed by atoms with Gasteiger partial charge >= 0.3 is 12.3 Å². The van der Waals surface area contributed by atoms with Crippen molar-refractivity contribution in [2.24, 2.45) is 11.7 Å². The van der Waals surface area contributed by atoms with Crippen molar-refractivity contribution in [3.8, 4) is 0 Å². The minimum atomic E-state index is -4.82. The first-order valence-electron chi connectivity index (χ1n) is 10.7. The number of alkyl halides is 3. The molecule has 2 N–H and O–H groups in total. The number of benzene rings is 2. The van der Waals surface area contributed by atoms with Crippen LogP contribution in [0, 0.1) is 11.7 Å². The number of nitrogens with zero attached hydrogens (tertiary/aromatic N) is 1. The molecule has 2 fully saturated rings. The molecule has 2 atom stereocenters. The van der Waals surface area contributed by atoms with Gasteiger partial charge < -0.3 is 10.5 Å². The Bertz CT molecular complexity index is 1370. The van der Waals surface area contributed by atoms with Crippen molar-refractivity contribution in [2.75, 3.05) is 12.9 Å². The van der Waals surface area contributed by atoms with Crippen LogP contribution in [-0.2, 0) is 25.5 Å². The molecule has 36 heavy (non-hydrogen) atoms. The van der Waals surface area contributed by atoms with E-state index in [-0.39, 0.29) is 22.1 Å². The van der Waals surface area contributed by atoms with Crippen LogP contribution in [0.1, 0.15) is 40.2 Å². The number of sulfone groups is 1. The van der Waals surface area contributed by atoms with Crippen molar-refractivity contribution in [1.29, 1.82) is 0 Å². The highest BCUT2D eigenvalue weighted by atomic mass is 32.2. The molecule has 4 rings (SSSR count). The molecular formula is C23H20F4N2O6S. The molecule has 8 nitrogen and oxygen atoms in total. The van der Waals surface area contributed by atoms with Gasteiger partial charge in [0.1, 0.15) is 12.4 Å². The Kier molecular flexibility index (Phi) is 6.10. The summed E-state index contributed by atoms with van der Waals surface area (Å²) in [5, 5.41) is 0. The van der Waals surface area contributed by atoms with Crippen LogP contribution >= 0.6 is 0 Å². The average Bonchev–Trinajstić information content (AvgIpc) is 3.55. The fourth-order valence-corrected chi connectivity index (χ4v) is 5.23. The van der Waals surface area contributed by atoms with E-state index in [1.807, 2.05) is 0 Å². The fourth-order valence-electron chi connectivity index (χ4n) is 4.57. The van der Waals surface area contributed by atoms with Gasteiger partial charge in [-0.2, -0.15) is 13.2 Å². The first-order chi connectivity index (χ1) is 16.7. The maximum Gasteiger partial charge on any atom is 0.418 e. The summed E-state index contributed by atoms with van der Waals surface area (Å²) in [7, 11) is -3.75. The van der Waals surface area contributed by atoms with E-state index in [1.54, 1.807) is 0 Å². The summed E-state index contributed by atoms with van der Waals surface area (Å²) in [6.07, 6.45) is -4.33. The van der Waals surface area contributed by atoms with Crippen molar-refractivity contribution in [2.45, 2.75) is 35.4 Å². The van der Waals surface area contributed by atoms with Gasteiger partial charge in [0, 0.05) is 17.7 Å². The van der Waals surface area contributed by atoms with Gasteiger partial charge in [-0.05, 0) is 54.7 Å². The number of carbonyl (C=O) groups is 3. The molecular weight excluding hydrogens is 508 g/mol. The lowest BCUT2D eigenvalue weighted by Gasteiger charge is -2.38. The summed E-state index contributed by atoms with van der Waals surface area (Å²) in [5.41, 5.74) is 1.55. The number of rotatable bonds is 6. The molecule has 1 unspecified atom stereocenters. The Hall–Kier alpha value is -3.48. The Morgan fingerprint density at radius 1 is 1.17 bits per heavy atom. The van der Waals surface area contributed by atoms with Crippen LogP contribution in [0.5, 0.6) is 0 Å². The number of hydrogen-bond acceptors (Lipinski definition) is 6. The molecule has 0 radical (unpaired) electrons. The third kappa shape index (κ3) is 4.31. The van der Waals surface area contributed by atoms with Crippen molar-refractivity contribution in [3.05, 3.63) is 65.0 Å². The van der Waals surface area contributed by atoms with Crippen molar-refractivity contribution < 1.29 is 45.1 Å². The van der Waals surface area contributed by atoms with E-state index >= 15 is 4.39 Å². The van der Waals surface area contributed by atoms with E-state index in [1.165, 1.54) is 18.2 Å². The summed E-state index contributed by atoms with van der Waals surface area (Å²) in [5.74, 6) is -5.42. The SMILES string of the molecule is CS(=O)(=O)c1cccc(C(=O)N2C(=O)OCC2(C(N)=O)[C@@H](c2ccc(C(F)(F)F)cc2F)C2CC2)c1. The zero-order valence-corrected chi connectivity index (χ0v) is 19.5. The maximum atomic E-state index is 15.1. The second-order valence-corrected chi connectivity index (χ2v) is 10.8. The lowest BCUT2D eigenvalue weighted by molar-refractivity contribution is -0.137. The zero-order chi connectivity index (χ0) is 26.6. The lowest BCUT2D eigenvalue weighted by Crippen LogP contribution is -2.62. The minimum Gasteiger partial charge on any atom is -0.446 e. The van der Waals surface area contributed by atoms with Crippen LogP contribution in [0.15, 0.2) is 47.4 Å². The molecule has 2 aromatic rings. The van der Waals surface area contributed by atoms with E-state index < -0.39 is 69.3 Å². The number of amides is 3. The van der Waals surface area contributed by atoms with Gasteiger partial charge in [0.05, 0.1) is 10.5 Å². The number of primary amides is 1. The number of ether oxygens (including phenoxy) is 1. The summed E-state index contributed by atoms with van der Waals surface area (Å²) < 4.78 is 83.3. The van der Waals surface area contributed by atoms with Crippen LogP contribution in [0.4, 0.5) is 22.4 Å². The Morgan fingerprint density at radius 3 is 2.36 bits per heavy atom. The lowest BCUT2D eigenvalue weighted by atomic mass is 9.74. The zero-order valence-electron chi connectivity index (χ0n) is 18.7. The predicted molar refractivity (Wildman–Crippen MR) is 116 cm³/mol. The van der Waals surface area contributed by atoms with Crippen LogP contribution in [0.25, 0.3) is 0 Å². The van der Waals surface area contributed by atoms with Crippen LogP contribution < -0.4 is 5.73 Å². The quantitative estimate of drug-likeness (QED) is 0.574. The molecule has 1 saturated heterocycles. The van der Waals surface area contributed by atoms with Crippen molar-refractivity contribution >= 4 is 27.7 Å². The van der Waals surface area contributed by atoms with E-state index in [0.29, 0.717) is 23.8 Å². The summed E-state index contributed by atoms with van der Waals surface area (Å²) in [6.45, 7) is -0.750. The maximum absolute atomic E-state index is 15.1. The molecule has 1 heterocycles. The van der Waals surface area contributed by atoms with Crippen LogP contribution in [-0.4, -0.2) is 49.6 Å². The molecule has 0 spiro atoms. The molecule has 0 aromatic heterocycles. The largest absolute Gasteiger partial charge is 0.446 e. The first-order valence-corrected chi connectivity index (χ1v) is 12.5. The summed E-state index contributed by atoms with van der Waals surface area (Å²) in [6, 6.07) is 6.46. The third-order valence-corrected chi connectivity index (χ3v) is 7.52. The predicted octanol–water partition coefficient (Wildman–Crippen LogP) is 3.26. The van der Waals surface area contributed by atoms with E-state index in [4.69, 9.17) is 10.5 Å². The number of nitrogens with two attached hydrogens (primary N) is 1. The van der Waals surface area contributed by atoms with Crippen LogP contribution in [0.2, 0.25) is 0 Å². The summed E-state index contributed by atoms with van der Waals surface area (Å²) in [4.78, 5) is 39.4. The topological polar surface area (TPSA) is 124 Å². The molecule has 192 valence electrons. The molecule has 0 bridgehead atoms. The number of hydrogen-bond donors (Lipinski definition) is 1. The van der Waals surface area contributed by atoms with Crippen LogP contribution in [0.3, 0.4) is 0 Å². The highest BCUT2D eigenvalue weighted by Crippen LogP contribution is 2.53. The number of carbonyl (C=O) groups excluding carboxylic acids is 3. The molecule has 2 aliphatic rings. The van der Waals surface area contributed by atoms with Gasteiger partial charge in [0.2, 0.25) is 5.91 Å². The van der Waals surface area contributed by atoms with Crippen molar-refractivity contribution in [3.63, 3.8) is 0 Å². The Labute approximate surface area is 202 Å². The second kappa shape index (κ2) is 8.57. The van der Waals surface area contributed by atoms with E-state index in [0.717, 1.165) is 18.4 Å². The minimum absolute atomic E-state index is 0.238. The van der Waals surface area contributed by atoms with Gasteiger partial charge in [-0.3, -0.25) is 9.59 Å². The molecule has 1 saturated carbocycles. The Balaban J connectivity index is 1.86. The highest BCUT2D eigenvalue weighted by molar-refractivity contribution is 7.90. The standard InChI is InChI=1S/C23H20F4N2O6S/c1-36(33,34)15-4-2-3-13(9-15)19(30)29-21(32)35-11-22(29,20(28)31)18(12-5-6-12)16-8-7-14(10-17(16)24)23(25,26)27/h2-4,7-10,12,18H,5-6,11H2,1H3,(H2,28,31)/t18-,22?/m1/s1. The summed E-state index contributed by atoms with van der Waals surface area (Å²) >= 11 is 0. The molecule has 1 aliphatic carbocycles. The smallest absolute Gasteiger partial charge is 0.418 e. The third-order valence-electron chi connectivity index (χ3n) is 6.41. The molecule has 1 aliphatic heterocycles. The first kappa shape index (κ1) is 25.6. The number of halogens is 4. The van der Waals surface area contributed by atoms with Crippen molar-refractivity contribution in [1.82, 2.24) is 4.90 Å². The van der Waals surface area contributed by atoms with Gasteiger partial charge in [0.15, 0.2) is 15.4 Å². The van der Waals surface area contributed by atoms with E-state index in [9.17, 15) is 36.0 Å². The van der Waals surface area contributed by atoms with Gasteiger partial charge in [-0.1, -0.05) is 12.1 Å². The average molecular weight is 528 g/mol. The Morgan fingerprint density at radius 2 is 1.83 bits per heavy atom. The van der Waals surface area contributed by atoms with Gasteiger partial charge in [0.25, 0.3) is 5.91 Å². The molecule has 13 heteroatoms. The fraction of sp³-hybridized carbons (Fsp3) is 0.348. The second-order valence-electron chi connectivity index (χ2n) is 8.83. The molecule has 2 aromatic carbocycles. The monoisotopic (exact) mass is 528 g/mol. The normalized spacial score (nSPS) is 21.2. The van der Waals surface area contributed by atoms with Gasteiger partial charge in [-0.25, -0.2) is 22.5 Å². The van der Waals surface area contributed by atoms with Gasteiger partial charge in [-0.15, -0.1) is 0 Å². The molecule has 3 amide bonds. The highest BCUT2D eigenvalue weighted by Gasteiger charge is 2.63. The van der Waals surface area contributed by atoms with E-state index in [2.05, 4.69) is 0 Å². The number of imide groups is 1.